The largest absolute Gasteiger partial charge is 0.270 e. The molecular weight excluding hydrogens is 433 g/mol. The Morgan fingerprint density at radius 2 is 1.84 bits per heavy atom. The summed E-state index contributed by atoms with van der Waals surface area (Å²) in [7, 11) is 0. The molecule has 0 aliphatic carbocycles. The van der Waals surface area contributed by atoms with Gasteiger partial charge in [0.25, 0.3) is 5.56 Å². The van der Waals surface area contributed by atoms with Crippen LogP contribution in [0.15, 0.2) is 76.0 Å². The van der Waals surface area contributed by atoms with E-state index in [4.69, 9.17) is 0 Å². The lowest BCUT2D eigenvalue weighted by Gasteiger charge is -2.10. The lowest BCUT2D eigenvalue weighted by atomic mass is 10.2. The van der Waals surface area contributed by atoms with Crippen LogP contribution in [-0.2, 0) is 5.75 Å². The van der Waals surface area contributed by atoms with Crippen LogP contribution in [0.25, 0.3) is 22.0 Å². The summed E-state index contributed by atoms with van der Waals surface area (Å²) in [4.78, 5) is 17.7. The van der Waals surface area contributed by atoms with Gasteiger partial charge in [-0.05, 0) is 31.2 Å². The molecule has 5 rings (SSSR count). The number of aryl methyl sites for hydroxylation is 1. The number of hydrogen-bond donors (Lipinski definition) is 0. The zero-order valence-electron chi connectivity index (χ0n) is 16.4. The van der Waals surface area contributed by atoms with Gasteiger partial charge >= 0.3 is 0 Å². The second-order valence-electron chi connectivity index (χ2n) is 6.85. The van der Waals surface area contributed by atoms with Crippen LogP contribution in [0, 0.1) is 12.7 Å². The molecule has 31 heavy (non-hydrogen) atoms. The first-order valence-corrected chi connectivity index (χ1v) is 11.3. The van der Waals surface area contributed by atoms with Gasteiger partial charge in [0.05, 0.1) is 5.69 Å². The topological polar surface area (TPSA) is 65.1 Å². The molecule has 6 nitrogen and oxygen atoms in total. The lowest BCUT2D eigenvalue weighted by molar-refractivity contribution is 0.627. The molecule has 3 heterocycles. The van der Waals surface area contributed by atoms with E-state index < -0.39 is 0 Å². The van der Waals surface area contributed by atoms with Gasteiger partial charge in [0.1, 0.15) is 5.82 Å². The van der Waals surface area contributed by atoms with Crippen molar-refractivity contribution in [1.82, 2.24) is 24.1 Å². The monoisotopic (exact) mass is 449 g/mol. The second-order valence-corrected chi connectivity index (χ2v) is 8.63. The van der Waals surface area contributed by atoms with Crippen LogP contribution in [0.5, 0.6) is 0 Å². The summed E-state index contributed by atoms with van der Waals surface area (Å²) >= 11 is 2.87. The van der Waals surface area contributed by atoms with Gasteiger partial charge < -0.3 is 0 Å². The Bertz CT molecular complexity index is 1420. The van der Waals surface area contributed by atoms with Crippen LogP contribution in [-0.4, -0.2) is 24.1 Å². The Labute approximate surface area is 185 Å². The fraction of sp³-hybridized carbons (Fsp3) is 0.0909. The highest BCUT2D eigenvalue weighted by Crippen LogP contribution is 2.29. The number of thioether (sulfide) groups is 1. The molecule has 0 amide bonds. The van der Waals surface area contributed by atoms with Gasteiger partial charge in [-0.15, -0.1) is 21.5 Å². The predicted octanol–water partition coefficient (Wildman–Crippen LogP) is 4.74. The highest BCUT2D eigenvalue weighted by atomic mass is 32.2. The number of aromatic nitrogens is 5. The van der Waals surface area contributed by atoms with Crippen molar-refractivity contribution in [3.8, 4) is 17.1 Å². The highest BCUT2D eigenvalue weighted by molar-refractivity contribution is 7.98. The van der Waals surface area contributed by atoms with Crippen molar-refractivity contribution in [2.75, 3.05) is 0 Å². The summed E-state index contributed by atoms with van der Waals surface area (Å²) in [6, 6.07) is 17.5. The number of fused-ring (bicyclic) bond motifs is 1. The summed E-state index contributed by atoms with van der Waals surface area (Å²) < 4.78 is 17.0. The first-order valence-electron chi connectivity index (χ1n) is 9.46. The molecule has 3 aromatic heterocycles. The maximum Gasteiger partial charge on any atom is 0.258 e. The van der Waals surface area contributed by atoms with Crippen LogP contribution >= 0.6 is 23.1 Å². The van der Waals surface area contributed by atoms with Crippen molar-refractivity contribution in [2.24, 2.45) is 0 Å². The molecule has 0 saturated heterocycles. The average molecular weight is 450 g/mol. The third-order valence-corrected chi connectivity index (χ3v) is 6.63. The van der Waals surface area contributed by atoms with E-state index in [0.717, 1.165) is 16.9 Å². The van der Waals surface area contributed by atoms with E-state index in [1.54, 1.807) is 22.6 Å². The number of benzene rings is 2. The van der Waals surface area contributed by atoms with Gasteiger partial charge in [-0.2, -0.15) is 0 Å². The molecule has 0 N–H and O–H groups in total. The smallest absolute Gasteiger partial charge is 0.258 e. The number of nitrogens with zero attached hydrogens (tertiary/aromatic N) is 5. The normalized spacial score (nSPS) is 11.3. The molecule has 0 spiro atoms. The molecule has 0 fully saturated rings. The minimum atomic E-state index is -0.309. The molecule has 0 radical (unpaired) electrons. The average Bonchev–Trinajstić information content (AvgIpc) is 3.37. The lowest BCUT2D eigenvalue weighted by Crippen LogP contribution is -2.14. The Hall–Kier alpha value is -3.30. The second kappa shape index (κ2) is 8.09. The van der Waals surface area contributed by atoms with Gasteiger partial charge in [0, 0.05) is 34.1 Å². The van der Waals surface area contributed by atoms with Crippen LogP contribution in [0.1, 0.15) is 11.4 Å². The Morgan fingerprint density at radius 3 is 2.61 bits per heavy atom. The minimum Gasteiger partial charge on any atom is -0.270 e. The van der Waals surface area contributed by atoms with Crippen molar-refractivity contribution in [3.05, 3.63) is 93.6 Å². The standard InChI is InChI=1S/C22H16FN5OS2/c1-14-12-30-21-24-17(11-19(29)27(14)21)13-31-22-26-25-20(15-5-3-2-4-6-15)28(22)18-9-7-16(23)8-10-18/h2-12H,13H2,1H3. The van der Waals surface area contributed by atoms with E-state index in [-0.39, 0.29) is 11.4 Å². The summed E-state index contributed by atoms with van der Waals surface area (Å²) in [6.07, 6.45) is 0. The Morgan fingerprint density at radius 1 is 1.06 bits per heavy atom. The van der Waals surface area contributed by atoms with Gasteiger partial charge in [-0.25, -0.2) is 9.37 Å². The molecule has 2 aromatic carbocycles. The van der Waals surface area contributed by atoms with E-state index in [1.807, 2.05) is 47.2 Å². The number of thiazole rings is 1. The molecule has 9 heteroatoms. The van der Waals surface area contributed by atoms with Gasteiger partial charge in [0.2, 0.25) is 0 Å². The molecule has 0 atom stereocenters. The molecule has 0 unspecified atom stereocenters. The highest BCUT2D eigenvalue weighted by Gasteiger charge is 2.17. The van der Waals surface area contributed by atoms with Crippen molar-refractivity contribution >= 4 is 28.1 Å². The maximum absolute atomic E-state index is 13.5. The molecule has 0 saturated carbocycles. The fourth-order valence-electron chi connectivity index (χ4n) is 3.27. The summed E-state index contributed by atoms with van der Waals surface area (Å²) in [5, 5.41) is 11.3. The van der Waals surface area contributed by atoms with Gasteiger partial charge in [0.15, 0.2) is 15.9 Å². The molecule has 0 bridgehead atoms. The third kappa shape index (κ3) is 3.77. The van der Waals surface area contributed by atoms with Crippen molar-refractivity contribution < 1.29 is 4.39 Å². The first-order chi connectivity index (χ1) is 15.1. The number of hydrogen-bond acceptors (Lipinski definition) is 6. The molecule has 0 aliphatic heterocycles. The molecular formula is C22H16FN5OS2. The fourth-order valence-corrected chi connectivity index (χ4v) is 5.01. The van der Waals surface area contributed by atoms with E-state index >= 15 is 0 Å². The van der Waals surface area contributed by atoms with E-state index in [2.05, 4.69) is 15.2 Å². The Kier molecular flexibility index (Phi) is 5.13. The predicted molar refractivity (Wildman–Crippen MR) is 120 cm³/mol. The van der Waals surface area contributed by atoms with E-state index in [0.29, 0.717) is 27.4 Å². The number of rotatable bonds is 5. The van der Waals surface area contributed by atoms with Crippen molar-refractivity contribution in [1.29, 1.82) is 0 Å². The molecule has 154 valence electrons. The van der Waals surface area contributed by atoms with Crippen LogP contribution < -0.4 is 5.56 Å². The molecule has 5 aromatic rings. The summed E-state index contributed by atoms with van der Waals surface area (Å²) in [5.74, 6) is 0.806. The van der Waals surface area contributed by atoms with Crippen molar-refractivity contribution in [3.63, 3.8) is 0 Å². The summed E-state index contributed by atoms with van der Waals surface area (Å²) in [5.41, 5.74) is 3.11. The quantitative estimate of drug-likeness (QED) is 0.363. The first kappa shape index (κ1) is 19.7. The Balaban J connectivity index is 1.53. The zero-order chi connectivity index (χ0) is 21.4. The molecule has 0 aliphatic rings. The summed E-state index contributed by atoms with van der Waals surface area (Å²) in [6.45, 7) is 1.89. The zero-order valence-corrected chi connectivity index (χ0v) is 18.0. The third-order valence-electron chi connectivity index (χ3n) is 4.73. The minimum absolute atomic E-state index is 0.0932. The van der Waals surface area contributed by atoms with Crippen molar-refractivity contribution in [2.45, 2.75) is 17.8 Å². The van der Waals surface area contributed by atoms with Gasteiger partial charge in [-0.3, -0.25) is 13.8 Å². The SMILES string of the molecule is Cc1csc2nc(CSc3nnc(-c4ccccc4)n3-c3ccc(F)cc3)cc(=O)n12. The van der Waals surface area contributed by atoms with E-state index in [1.165, 1.54) is 35.2 Å². The van der Waals surface area contributed by atoms with E-state index in [9.17, 15) is 9.18 Å². The van der Waals surface area contributed by atoms with Crippen LogP contribution in [0.3, 0.4) is 0 Å². The van der Waals surface area contributed by atoms with Crippen LogP contribution in [0.2, 0.25) is 0 Å². The number of halogens is 1. The maximum atomic E-state index is 13.5. The van der Waals surface area contributed by atoms with Gasteiger partial charge in [-0.1, -0.05) is 42.1 Å². The van der Waals surface area contributed by atoms with Crippen LogP contribution in [0.4, 0.5) is 4.39 Å².